The van der Waals surface area contributed by atoms with Crippen molar-refractivity contribution in [3.8, 4) is 0 Å². The topological polar surface area (TPSA) is 95.2 Å². The van der Waals surface area contributed by atoms with Crippen molar-refractivity contribution in [2.24, 2.45) is 23.7 Å². The number of nitrogens with zero attached hydrogens (tertiary/aromatic N) is 2. The van der Waals surface area contributed by atoms with Crippen LogP contribution in [0.1, 0.15) is 6.42 Å². The zero-order valence-corrected chi connectivity index (χ0v) is 13.3. The number of H-pyrrole nitrogens is 1. The monoisotopic (exact) mass is 336 g/mol. The number of imidazole rings is 1. The molecule has 1 aromatic carbocycles. The van der Waals surface area contributed by atoms with Gasteiger partial charge in [0.15, 0.2) is 0 Å². The molecule has 2 fully saturated rings. The molecule has 1 saturated heterocycles. The molecular weight excluding hydrogens is 320 g/mol. The lowest BCUT2D eigenvalue weighted by Crippen LogP contribution is -2.39. The molecule has 2 aromatic rings. The number of fused-ring (bicyclic) bond motifs is 6. The fourth-order valence-electron chi connectivity index (χ4n) is 4.45. The van der Waals surface area contributed by atoms with Crippen molar-refractivity contribution in [1.82, 2.24) is 14.9 Å². The van der Waals surface area contributed by atoms with Gasteiger partial charge in [-0.05, 0) is 30.4 Å². The summed E-state index contributed by atoms with van der Waals surface area (Å²) in [5.41, 5.74) is 1.55. The highest BCUT2D eigenvalue weighted by Crippen LogP contribution is 2.52. The summed E-state index contributed by atoms with van der Waals surface area (Å²) in [5.74, 6) is -0.806. The van der Waals surface area contributed by atoms with Crippen molar-refractivity contribution in [3.05, 3.63) is 36.4 Å². The zero-order chi connectivity index (χ0) is 17.1. The van der Waals surface area contributed by atoms with Gasteiger partial charge in [-0.3, -0.25) is 24.6 Å². The summed E-state index contributed by atoms with van der Waals surface area (Å²) in [6.45, 7) is -0.263. The number of hydrogen-bond acceptors (Lipinski definition) is 4. The summed E-state index contributed by atoms with van der Waals surface area (Å²) in [5, 5.41) is 2.64. The highest BCUT2D eigenvalue weighted by atomic mass is 16.2. The number of carbonyl (C=O) groups excluding carboxylic acids is 3. The minimum atomic E-state index is -0.430. The summed E-state index contributed by atoms with van der Waals surface area (Å²) in [4.78, 5) is 45.8. The van der Waals surface area contributed by atoms with Gasteiger partial charge in [-0.15, -0.1) is 0 Å². The van der Waals surface area contributed by atoms with Crippen LogP contribution in [0.4, 0.5) is 5.95 Å². The summed E-state index contributed by atoms with van der Waals surface area (Å²) in [7, 11) is 0. The number of aromatic nitrogens is 2. The number of aromatic amines is 1. The Balaban J connectivity index is 1.31. The number of allylic oxidation sites excluding steroid dienone is 2. The first-order valence-electron chi connectivity index (χ1n) is 8.40. The quantitative estimate of drug-likeness (QED) is 0.652. The van der Waals surface area contributed by atoms with Crippen molar-refractivity contribution in [1.29, 1.82) is 0 Å². The SMILES string of the molecule is O=C(CN1C(=O)C2C3C=CC(C3)C2C1=O)Nc1nc2ccccc2[nH]1. The highest BCUT2D eigenvalue weighted by Gasteiger charge is 2.59. The van der Waals surface area contributed by atoms with Gasteiger partial charge in [0.2, 0.25) is 23.7 Å². The normalized spacial score (nSPS) is 29.7. The Bertz CT molecular complexity index is 884. The Hall–Kier alpha value is -2.96. The van der Waals surface area contributed by atoms with Gasteiger partial charge < -0.3 is 4.98 Å². The number of imide groups is 1. The second-order valence-corrected chi connectivity index (χ2v) is 6.91. The molecule has 5 rings (SSSR count). The van der Waals surface area contributed by atoms with Crippen LogP contribution in [0.3, 0.4) is 0 Å². The Kier molecular flexibility index (Phi) is 2.89. The third kappa shape index (κ3) is 2.05. The number of benzene rings is 1. The van der Waals surface area contributed by atoms with Crippen molar-refractivity contribution in [3.63, 3.8) is 0 Å². The summed E-state index contributed by atoms with van der Waals surface area (Å²) in [6, 6.07) is 7.42. The predicted molar refractivity (Wildman–Crippen MR) is 89.2 cm³/mol. The molecular formula is C18H16N4O3. The van der Waals surface area contributed by atoms with Crippen LogP contribution in [-0.2, 0) is 14.4 Å². The molecule has 3 aliphatic rings. The zero-order valence-electron chi connectivity index (χ0n) is 13.3. The van der Waals surface area contributed by atoms with Crippen LogP contribution in [0.15, 0.2) is 36.4 Å². The van der Waals surface area contributed by atoms with E-state index in [4.69, 9.17) is 0 Å². The molecule has 2 aliphatic carbocycles. The maximum absolute atomic E-state index is 12.6. The van der Waals surface area contributed by atoms with Crippen LogP contribution in [0.5, 0.6) is 0 Å². The highest BCUT2D eigenvalue weighted by molar-refractivity contribution is 6.09. The summed E-state index contributed by atoms with van der Waals surface area (Å²) >= 11 is 0. The van der Waals surface area contributed by atoms with Crippen LogP contribution in [0, 0.1) is 23.7 Å². The van der Waals surface area contributed by atoms with E-state index in [1.54, 1.807) is 0 Å². The number of anilines is 1. The van der Waals surface area contributed by atoms with E-state index in [1.807, 2.05) is 36.4 Å². The fourth-order valence-corrected chi connectivity index (χ4v) is 4.45. The number of hydrogen-bond donors (Lipinski definition) is 2. The van der Waals surface area contributed by atoms with Crippen LogP contribution < -0.4 is 5.32 Å². The second-order valence-electron chi connectivity index (χ2n) is 6.91. The minimum absolute atomic E-state index is 0.148. The van der Waals surface area contributed by atoms with E-state index in [9.17, 15) is 14.4 Å². The van der Waals surface area contributed by atoms with Gasteiger partial charge >= 0.3 is 0 Å². The molecule has 0 radical (unpaired) electrons. The molecule has 2 N–H and O–H groups in total. The molecule has 2 heterocycles. The number of amides is 3. The Morgan fingerprint density at radius 3 is 2.52 bits per heavy atom. The Morgan fingerprint density at radius 2 is 1.84 bits per heavy atom. The number of rotatable bonds is 3. The second kappa shape index (κ2) is 5.02. The molecule has 7 heteroatoms. The van der Waals surface area contributed by atoms with E-state index < -0.39 is 5.91 Å². The van der Waals surface area contributed by atoms with E-state index in [-0.39, 0.29) is 42.0 Å². The Labute approximate surface area is 143 Å². The van der Waals surface area contributed by atoms with Crippen LogP contribution in [0.25, 0.3) is 11.0 Å². The molecule has 7 nitrogen and oxygen atoms in total. The molecule has 25 heavy (non-hydrogen) atoms. The first kappa shape index (κ1) is 14.4. The van der Waals surface area contributed by atoms with Crippen molar-refractivity contribution in [2.45, 2.75) is 6.42 Å². The average molecular weight is 336 g/mol. The maximum Gasteiger partial charge on any atom is 0.246 e. The van der Waals surface area contributed by atoms with Crippen molar-refractivity contribution < 1.29 is 14.4 Å². The van der Waals surface area contributed by atoms with Gasteiger partial charge in [-0.1, -0.05) is 24.3 Å². The minimum Gasteiger partial charge on any atom is -0.324 e. The van der Waals surface area contributed by atoms with Gasteiger partial charge in [0.05, 0.1) is 22.9 Å². The molecule has 4 unspecified atom stereocenters. The number of nitrogens with one attached hydrogen (secondary N) is 2. The molecule has 4 atom stereocenters. The lowest BCUT2D eigenvalue weighted by molar-refractivity contribution is -0.143. The van der Waals surface area contributed by atoms with E-state index >= 15 is 0 Å². The first-order valence-corrected chi connectivity index (χ1v) is 8.40. The lowest BCUT2D eigenvalue weighted by Gasteiger charge is -2.16. The molecule has 1 saturated carbocycles. The van der Waals surface area contributed by atoms with Gasteiger partial charge in [0.25, 0.3) is 0 Å². The Morgan fingerprint density at radius 1 is 1.16 bits per heavy atom. The molecule has 3 amide bonds. The molecule has 126 valence electrons. The maximum atomic E-state index is 12.6. The summed E-state index contributed by atoms with van der Waals surface area (Å²) < 4.78 is 0. The van der Waals surface area contributed by atoms with Gasteiger partial charge in [0.1, 0.15) is 6.54 Å². The first-order chi connectivity index (χ1) is 12.1. The van der Waals surface area contributed by atoms with E-state index in [0.717, 1.165) is 22.4 Å². The van der Waals surface area contributed by atoms with Crippen molar-refractivity contribution in [2.75, 3.05) is 11.9 Å². The van der Waals surface area contributed by atoms with E-state index in [2.05, 4.69) is 15.3 Å². The summed E-state index contributed by atoms with van der Waals surface area (Å²) in [6.07, 6.45) is 4.95. The lowest BCUT2D eigenvalue weighted by atomic mass is 9.85. The molecule has 1 aliphatic heterocycles. The van der Waals surface area contributed by atoms with Crippen LogP contribution >= 0.6 is 0 Å². The van der Waals surface area contributed by atoms with Crippen LogP contribution in [-0.4, -0.2) is 39.1 Å². The predicted octanol–water partition coefficient (Wildman–Crippen LogP) is 1.31. The number of carbonyl (C=O) groups is 3. The van der Waals surface area contributed by atoms with E-state index in [1.165, 1.54) is 0 Å². The molecule has 1 aromatic heterocycles. The largest absolute Gasteiger partial charge is 0.324 e. The smallest absolute Gasteiger partial charge is 0.246 e. The fraction of sp³-hybridized carbons (Fsp3) is 0.333. The van der Waals surface area contributed by atoms with Gasteiger partial charge in [0, 0.05) is 0 Å². The van der Waals surface area contributed by atoms with E-state index in [0.29, 0.717) is 5.95 Å². The number of likely N-dealkylation sites (tertiary alicyclic amines) is 1. The van der Waals surface area contributed by atoms with Crippen LogP contribution in [0.2, 0.25) is 0 Å². The molecule has 0 spiro atoms. The van der Waals surface area contributed by atoms with Gasteiger partial charge in [-0.25, -0.2) is 4.98 Å². The average Bonchev–Trinajstić information content (AvgIpc) is 3.34. The van der Waals surface area contributed by atoms with Gasteiger partial charge in [-0.2, -0.15) is 0 Å². The third-order valence-electron chi connectivity index (χ3n) is 5.51. The van der Waals surface area contributed by atoms with Crippen molar-refractivity contribution >= 4 is 34.7 Å². The molecule has 2 bridgehead atoms. The third-order valence-corrected chi connectivity index (χ3v) is 5.51. The standard InChI is InChI=1S/C18H16N4O3/c23-13(21-18-19-11-3-1-2-4-12(11)20-18)8-22-16(24)14-9-5-6-10(7-9)15(14)17(22)25/h1-6,9-10,14-15H,7-8H2,(H2,19,20,21,23). The number of para-hydroxylation sites is 2.